The Bertz CT molecular complexity index is 1090. The topological polar surface area (TPSA) is 47.0 Å². The van der Waals surface area contributed by atoms with Crippen LogP contribution in [0.15, 0.2) is 77.1 Å². The number of aryl methyl sites for hydroxylation is 1. The molecule has 0 aliphatic rings. The number of pyridine rings is 1. The highest BCUT2D eigenvalue weighted by Crippen LogP contribution is 2.14. The van der Waals surface area contributed by atoms with E-state index in [1.807, 2.05) is 54.0 Å². The molecule has 0 radical (unpaired) electrons. The fourth-order valence-corrected chi connectivity index (χ4v) is 2.59. The van der Waals surface area contributed by atoms with E-state index in [1.54, 1.807) is 10.9 Å². The van der Waals surface area contributed by atoms with Gasteiger partial charge in [-0.1, -0.05) is 42.5 Å². The Morgan fingerprint density at radius 1 is 0.957 bits per heavy atom. The maximum atomic E-state index is 4.39. The molecule has 5 nitrogen and oxygen atoms in total. The van der Waals surface area contributed by atoms with Gasteiger partial charge in [0.05, 0.1) is 6.21 Å². The molecule has 0 bridgehead atoms. The summed E-state index contributed by atoms with van der Waals surface area (Å²) in [6, 6.07) is 20.3. The zero-order valence-electron chi connectivity index (χ0n) is 12.7. The predicted molar refractivity (Wildman–Crippen MR) is 91.3 cm³/mol. The summed E-state index contributed by atoms with van der Waals surface area (Å²) in [5, 5.41) is 15.3. The number of aromatic nitrogens is 3. The van der Waals surface area contributed by atoms with E-state index in [-0.39, 0.29) is 0 Å². The second-order valence-corrected chi connectivity index (χ2v) is 5.30. The molecule has 2 aromatic carbocycles. The fourth-order valence-electron chi connectivity index (χ4n) is 2.59. The summed E-state index contributed by atoms with van der Waals surface area (Å²) in [5.74, 6) is 0. The molecule has 0 spiro atoms. The van der Waals surface area contributed by atoms with Gasteiger partial charge in [0.25, 0.3) is 5.62 Å². The highest BCUT2D eigenvalue weighted by Gasteiger charge is 1.99. The van der Waals surface area contributed by atoms with E-state index in [4.69, 9.17) is 0 Å². The van der Waals surface area contributed by atoms with E-state index in [2.05, 4.69) is 39.6 Å². The lowest BCUT2D eigenvalue weighted by Gasteiger charge is -1.97. The first kappa shape index (κ1) is 13.5. The van der Waals surface area contributed by atoms with Gasteiger partial charge in [-0.3, -0.25) is 4.40 Å². The van der Waals surface area contributed by atoms with E-state index in [1.165, 1.54) is 10.8 Å². The van der Waals surface area contributed by atoms with Gasteiger partial charge in [0.2, 0.25) is 0 Å². The molecule has 2 aromatic heterocycles. The summed E-state index contributed by atoms with van der Waals surface area (Å²) in [6.07, 6.45) is 3.68. The lowest BCUT2D eigenvalue weighted by Crippen LogP contribution is -2.19. The quantitative estimate of drug-likeness (QED) is 0.415. The minimum atomic E-state index is 0.678. The Morgan fingerprint density at radius 3 is 2.70 bits per heavy atom. The van der Waals surface area contributed by atoms with Crippen molar-refractivity contribution in [3.05, 3.63) is 78.0 Å². The summed E-state index contributed by atoms with van der Waals surface area (Å²) in [4.78, 5) is 0. The third-order valence-corrected chi connectivity index (χ3v) is 3.72. The van der Waals surface area contributed by atoms with Crippen LogP contribution in [0.3, 0.4) is 0 Å². The molecule has 0 aliphatic carbocycles. The lowest BCUT2D eigenvalue weighted by molar-refractivity contribution is 0.702. The molecule has 23 heavy (non-hydrogen) atoms. The predicted octanol–water partition coefficient (Wildman–Crippen LogP) is 2.76. The number of benzene rings is 2. The molecule has 0 amide bonds. The Morgan fingerprint density at radius 2 is 1.78 bits per heavy atom. The average Bonchev–Trinajstić information content (AvgIpc) is 2.90. The summed E-state index contributed by atoms with van der Waals surface area (Å²) in [6.45, 7) is 0. The van der Waals surface area contributed by atoms with Crippen LogP contribution in [0.2, 0.25) is 0 Å². The largest absolute Gasteiger partial charge is 0.267 e. The highest BCUT2D eigenvalue weighted by atomic mass is 15.4. The van der Waals surface area contributed by atoms with Gasteiger partial charge in [0, 0.05) is 13.2 Å². The molecule has 0 fully saturated rings. The first-order chi connectivity index (χ1) is 11.3. The summed E-state index contributed by atoms with van der Waals surface area (Å²) in [5.41, 5.74) is 2.54. The van der Waals surface area contributed by atoms with Crippen molar-refractivity contribution in [3.63, 3.8) is 0 Å². The van der Waals surface area contributed by atoms with Crippen molar-refractivity contribution in [1.29, 1.82) is 0 Å². The second kappa shape index (κ2) is 5.53. The molecule has 2 heterocycles. The Balaban J connectivity index is 1.73. The van der Waals surface area contributed by atoms with Gasteiger partial charge in [0.15, 0.2) is 5.65 Å². The average molecular weight is 301 g/mol. The fraction of sp³-hybridized carbons (Fsp3) is 0.0556. The third kappa shape index (κ3) is 2.53. The van der Waals surface area contributed by atoms with Crippen molar-refractivity contribution in [2.45, 2.75) is 0 Å². The standard InChI is InChI=1S/C18H15N5/c1-22-18(23-11-5-4-8-17(23)21-22)20-19-13-14-9-10-15-6-2-3-7-16(15)12-14/h2-13H,1H3/b19-13+,20-18+. The minimum absolute atomic E-state index is 0.678. The molecule has 0 unspecified atom stereocenters. The first-order valence-electron chi connectivity index (χ1n) is 7.37. The first-order valence-corrected chi connectivity index (χ1v) is 7.37. The molecule has 0 N–H and O–H groups in total. The monoisotopic (exact) mass is 301 g/mol. The molecule has 112 valence electrons. The van der Waals surface area contributed by atoms with Gasteiger partial charge in [-0.05, 0) is 34.5 Å². The zero-order valence-corrected chi connectivity index (χ0v) is 12.7. The van der Waals surface area contributed by atoms with Crippen LogP contribution in [0, 0.1) is 0 Å². The zero-order chi connectivity index (χ0) is 15.6. The van der Waals surface area contributed by atoms with Crippen LogP contribution < -0.4 is 5.62 Å². The SMILES string of the molecule is Cn1nc2ccccn2/c1=N/N=C/c1ccc2ccccc2c1. The second-order valence-electron chi connectivity index (χ2n) is 5.30. The van der Waals surface area contributed by atoms with Crippen molar-refractivity contribution in [2.75, 3.05) is 0 Å². The van der Waals surface area contributed by atoms with Crippen LogP contribution in [0.4, 0.5) is 0 Å². The van der Waals surface area contributed by atoms with Crippen LogP contribution in [0.25, 0.3) is 16.4 Å². The molecular formula is C18H15N5. The molecule has 0 saturated heterocycles. The molecular weight excluding hydrogens is 286 g/mol. The Labute approximate surface area is 132 Å². The Kier molecular flexibility index (Phi) is 3.24. The van der Waals surface area contributed by atoms with Crippen LogP contribution >= 0.6 is 0 Å². The van der Waals surface area contributed by atoms with E-state index in [0.717, 1.165) is 11.2 Å². The Hall–Kier alpha value is -3.21. The maximum Gasteiger partial charge on any atom is 0.251 e. The summed E-state index contributed by atoms with van der Waals surface area (Å²) < 4.78 is 3.62. The molecule has 0 saturated carbocycles. The molecule has 5 heteroatoms. The highest BCUT2D eigenvalue weighted by molar-refractivity contribution is 5.90. The minimum Gasteiger partial charge on any atom is -0.267 e. The molecule has 0 atom stereocenters. The van der Waals surface area contributed by atoms with Crippen LogP contribution in [-0.2, 0) is 7.05 Å². The molecule has 4 rings (SSSR count). The van der Waals surface area contributed by atoms with Gasteiger partial charge in [0.1, 0.15) is 0 Å². The van der Waals surface area contributed by atoms with Crippen molar-refractivity contribution in [2.24, 2.45) is 17.3 Å². The van der Waals surface area contributed by atoms with Crippen LogP contribution in [-0.4, -0.2) is 20.4 Å². The summed E-state index contributed by atoms with van der Waals surface area (Å²) in [7, 11) is 1.86. The van der Waals surface area contributed by atoms with E-state index in [9.17, 15) is 0 Å². The number of hydrogen-bond donors (Lipinski definition) is 0. The summed E-state index contributed by atoms with van der Waals surface area (Å²) >= 11 is 0. The normalized spacial score (nSPS) is 12.7. The smallest absolute Gasteiger partial charge is 0.251 e. The van der Waals surface area contributed by atoms with Crippen molar-refractivity contribution in [1.82, 2.24) is 14.2 Å². The van der Waals surface area contributed by atoms with Gasteiger partial charge >= 0.3 is 0 Å². The van der Waals surface area contributed by atoms with E-state index >= 15 is 0 Å². The maximum absolute atomic E-state index is 4.39. The van der Waals surface area contributed by atoms with Crippen molar-refractivity contribution >= 4 is 22.6 Å². The number of hydrogen-bond acceptors (Lipinski definition) is 3. The van der Waals surface area contributed by atoms with E-state index < -0.39 is 0 Å². The van der Waals surface area contributed by atoms with E-state index in [0.29, 0.717) is 5.62 Å². The van der Waals surface area contributed by atoms with Crippen LogP contribution in [0.5, 0.6) is 0 Å². The number of nitrogens with zero attached hydrogens (tertiary/aromatic N) is 5. The number of rotatable bonds is 2. The third-order valence-electron chi connectivity index (χ3n) is 3.72. The lowest BCUT2D eigenvalue weighted by atomic mass is 10.1. The molecule has 0 aliphatic heterocycles. The van der Waals surface area contributed by atoms with Crippen LogP contribution in [0.1, 0.15) is 5.56 Å². The number of fused-ring (bicyclic) bond motifs is 2. The molecule has 4 aromatic rings. The van der Waals surface area contributed by atoms with Gasteiger partial charge in [-0.25, -0.2) is 4.68 Å². The van der Waals surface area contributed by atoms with Gasteiger partial charge in [-0.15, -0.1) is 5.10 Å². The van der Waals surface area contributed by atoms with Crippen molar-refractivity contribution in [3.8, 4) is 0 Å². The van der Waals surface area contributed by atoms with Gasteiger partial charge < -0.3 is 0 Å². The van der Waals surface area contributed by atoms with Crippen molar-refractivity contribution < 1.29 is 0 Å². The van der Waals surface area contributed by atoms with Gasteiger partial charge in [-0.2, -0.15) is 10.2 Å².